The molecule has 44 heavy (non-hydrogen) atoms. The van der Waals surface area contributed by atoms with Gasteiger partial charge in [0.2, 0.25) is 4.33 Å². The van der Waals surface area contributed by atoms with Gasteiger partial charge in [-0.1, -0.05) is 84.2 Å². The van der Waals surface area contributed by atoms with Gasteiger partial charge >= 0.3 is 12.1 Å². The molecule has 1 amide bonds. The summed E-state index contributed by atoms with van der Waals surface area (Å²) in [7, 11) is 3.15. The summed E-state index contributed by atoms with van der Waals surface area (Å²) in [5.41, 5.74) is 0.960. The monoisotopic (exact) mass is 647 g/mol. The quantitative estimate of drug-likeness (QED) is 0.0851. The van der Waals surface area contributed by atoms with Gasteiger partial charge in [0.25, 0.3) is 0 Å². The molecule has 3 aromatic carbocycles. The number of carboxylic acids is 1. The first-order valence-electron chi connectivity index (χ1n) is 14.3. The van der Waals surface area contributed by atoms with Gasteiger partial charge in [-0.25, -0.2) is 9.59 Å². The first-order valence-corrected chi connectivity index (χ1v) is 15.1. The lowest BCUT2D eigenvalue weighted by atomic mass is 9.79. The van der Waals surface area contributed by atoms with Gasteiger partial charge in [0.1, 0.15) is 17.1 Å². The molecule has 9 nitrogen and oxygen atoms in total. The molecule has 3 aromatic rings. The van der Waals surface area contributed by atoms with Crippen LogP contribution in [0.5, 0.6) is 11.5 Å². The van der Waals surface area contributed by atoms with E-state index < -0.39 is 27.9 Å². The zero-order valence-corrected chi connectivity index (χ0v) is 26.4. The fourth-order valence-electron chi connectivity index (χ4n) is 4.76. The number of carbonyl (C=O) groups excluding carboxylic acids is 1. The maximum Gasteiger partial charge on any atom is 0.407 e. The highest BCUT2D eigenvalue weighted by Crippen LogP contribution is 2.43. The van der Waals surface area contributed by atoms with Crippen molar-refractivity contribution in [3.8, 4) is 11.5 Å². The Hall–Kier alpha value is -3.50. The number of carbonyl (C=O) groups is 2. The Kier molecular flexibility index (Phi) is 13.6. The highest BCUT2D eigenvalue weighted by Gasteiger charge is 2.46. The van der Waals surface area contributed by atoms with Crippen LogP contribution >= 0.6 is 23.2 Å². The third-order valence-electron chi connectivity index (χ3n) is 7.25. The van der Waals surface area contributed by atoms with Crippen molar-refractivity contribution >= 4 is 35.3 Å². The Bertz CT molecular complexity index is 1260. The molecule has 3 N–H and O–H groups in total. The molecular formula is C33H39Cl2NO8. The number of ether oxygens (including phenoxy) is 4. The Morgan fingerprint density at radius 1 is 0.795 bits per heavy atom. The molecule has 0 heterocycles. The number of aliphatic hydroxyl groups excluding tert-OH is 1. The first-order chi connectivity index (χ1) is 21.2. The summed E-state index contributed by atoms with van der Waals surface area (Å²) in [5, 5.41) is 21.4. The Morgan fingerprint density at radius 2 is 1.32 bits per heavy atom. The summed E-state index contributed by atoms with van der Waals surface area (Å²) in [5.74, 6) is -1.29. The number of rotatable bonds is 18. The largest absolute Gasteiger partial charge is 0.497 e. The van der Waals surface area contributed by atoms with Crippen LogP contribution in [0.1, 0.15) is 42.4 Å². The zero-order chi connectivity index (χ0) is 32.0. The SMILES string of the molecule is COc1ccc(C(OCC(CNC(=O)OCCCCCCO)C(Cl)(Cl)C(=O)O)(c2ccccc2)c2ccc(OC)cc2)cc1. The van der Waals surface area contributed by atoms with E-state index in [2.05, 4.69) is 5.32 Å². The van der Waals surface area contributed by atoms with E-state index in [0.717, 1.165) is 29.5 Å². The van der Waals surface area contributed by atoms with Crippen LogP contribution in [0.2, 0.25) is 0 Å². The summed E-state index contributed by atoms with van der Waals surface area (Å²) < 4.78 is 20.5. The molecule has 0 bridgehead atoms. The normalized spacial score (nSPS) is 12.3. The van der Waals surface area contributed by atoms with Gasteiger partial charge in [-0.2, -0.15) is 0 Å². The number of carboxylic acid groups (broad SMARTS) is 1. The lowest BCUT2D eigenvalue weighted by molar-refractivity contribution is -0.140. The van der Waals surface area contributed by atoms with Crippen LogP contribution in [0.15, 0.2) is 78.9 Å². The predicted molar refractivity (Wildman–Crippen MR) is 169 cm³/mol. The second kappa shape index (κ2) is 17.1. The number of aliphatic carboxylic acids is 1. The molecule has 0 saturated carbocycles. The van der Waals surface area contributed by atoms with Crippen LogP contribution in [-0.4, -0.2) is 67.2 Å². The van der Waals surface area contributed by atoms with E-state index in [1.54, 1.807) is 14.2 Å². The number of benzene rings is 3. The average molecular weight is 649 g/mol. The molecule has 3 rings (SSSR count). The number of alkyl carbamates (subject to hydrolysis) is 1. The van der Waals surface area contributed by atoms with E-state index >= 15 is 0 Å². The number of hydrogen-bond acceptors (Lipinski definition) is 7. The van der Waals surface area contributed by atoms with Crippen molar-refractivity contribution in [3.05, 3.63) is 95.6 Å². The van der Waals surface area contributed by atoms with Gasteiger partial charge in [-0.15, -0.1) is 0 Å². The number of unbranched alkanes of at least 4 members (excludes halogenated alkanes) is 3. The minimum Gasteiger partial charge on any atom is -0.497 e. The van der Waals surface area contributed by atoms with E-state index in [1.165, 1.54) is 0 Å². The molecule has 11 heteroatoms. The summed E-state index contributed by atoms with van der Waals surface area (Å²) in [6.07, 6.45) is 2.22. The molecule has 0 saturated heterocycles. The Balaban J connectivity index is 1.96. The minimum absolute atomic E-state index is 0.121. The number of nitrogens with one attached hydrogen (secondary N) is 1. The van der Waals surface area contributed by atoms with E-state index in [-0.39, 0.29) is 26.4 Å². The second-order valence-electron chi connectivity index (χ2n) is 10.1. The molecule has 0 aliphatic rings. The number of hydrogen-bond donors (Lipinski definition) is 3. The van der Waals surface area contributed by atoms with Crippen molar-refractivity contribution in [1.29, 1.82) is 0 Å². The number of methoxy groups -OCH3 is 2. The molecule has 0 aromatic heterocycles. The van der Waals surface area contributed by atoms with Gasteiger partial charge in [0.15, 0.2) is 0 Å². The summed E-state index contributed by atoms with van der Waals surface area (Å²) in [6, 6.07) is 24.2. The molecule has 0 aliphatic carbocycles. The van der Waals surface area contributed by atoms with Crippen LogP contribution in [-0.2, 0) is 19.9 Å². The van der Waals surface area contributed by atoms with Crippen LogP contribution in [0.25, 0.3) is 0 Å². The molecule has 1 unspecified atom stereocenters. The van der Waals surface area contributed by atoms with Gasteiger partial charge in [-0.05, 0) is 60.2 Å². The summed E-state index contributed by atoms with van der Waals surface area (Å²) in [4.78, 5) is 24.6. The number of amides is 1. The lowest BCUT2D eigenvalue weighted by Crippen LogP contribution is -2.46. The Morgan fingerprint density at radius 3 is 1.82 bits per heavy atom. The fourth-order valence-corrected chi connectivity index (χ4v) is 5.04. The predicted octanol–water partition coefficient (Wildman–Crippen LogP) is 6.17. The molecule has 0 fully saturated rings. The van der Waals surface area contributed by atoms with Crippen molar-refractivity contribution < 1.29 is 38.7 Å². The average Bonchev–Trinajstić information content (AvgIpc) is 3.05. The van der Waals surface area contributed by atoms with Gasteiger partial charge in [0.05, 0.1) is 27.4 Å². The van der Waals surface area contributed by atoms with E-state index in [9.17, 15) is 14.7 Å². The smallest absolute Gasteiger partial charge is 0.407 e. The fraction of sp³-hybridized carbons (Fsp3) is 0.394. The van der Waals surface area contributed by atoms with Crippen molar-refractivity contribution in [2.24, 2.45) is 5.92 Å². The highest BCUT2D eigenvalue weighted by molar-refractivity contribution is 6.57. The van der Waals surface area contributed by atoms with Crippen LogP contribution in [0, 0.1) is 5.92 Å². The molecule has 1 atom stereocenters. The summed E-state index contributed by atoms with van der Waals surface area (Å²) in [6.45, 7) is -0.210. The standard InChI is InChI=1S/C33H39Cl2NO8/c1-41-28-16-12-25(13-17-28)32(24-10-6-5-7-11-24,26-14-18-29(42-2)19-15-26)44-23-27(33(34,35)30(38)39)22-36-31(40)43-21-9-4-3-8-20-37/h5-7,10-19,27,37H,3-4,8-9,20-23H2,1-2H3,(H,36,40)(H,38,39). The first kappa shape index (κ1) is 35.0. The minimum atomic E-state index is -2.31. The van der Waals surface area contributed by atoms with Gasteiger partial charge < -0.3 is 34.5 Å². The molecule has 238 valence electrons. The van der Waals surface area contributed by atoms with Gasteiger partial charge in [0, 0.05) is 19.1 Å². The molecule has 0 aliphatic heterocycles. The van der Waals surface area contributed by atoms with Crippen molar-refractivity contribution in [2.45, 2.75) is 35.6 Å². The van der Waals surface area contributed by atoms with Crippen LogP contribution < -0.4 is 14.8 Å². The maximum absolute atomic E-state index is 12.4. The number of halogens is 2. The van der Waals surface area contributed by atoms with E-state index in [0.29, 0.717) is 24.3 Å². The highest BCUT2D eigenvalue weighted by atomic mass is 35.5. The van der Waals surface area contributed by atoms with Gasteiger partial charge in [-0.3, -0.25) is 0 Å². The number of alkyl halides is 2. The lowest BCUT2D eigenvalue weighted by Gasteiger charge is -2.38. The third kappa shape index (κ3) is 9.01. The third-order valence-corrected chi connectivity index (χ3v) is 8.19. The molecular weight excluding hydrogens is 609 g/mol. The molecule has 0 spiro atoms. The maximum atomic E-state index is 12.4. The zero-order valence-electron chi connectivity index (χ0n) is 24.8. The van der Waals surface area contributed by atoms with E-state index in [1.807, 2.05) is 78.9 Å². The Labute approximate surface area is 268 Å². The second-order valence-corrected chi connectivity index (χ2v) is 11.5. The van der Waals surface area contributed by atoms with Crippen molar-refractivity contribution in [2.75, 3.05) is 40.6 Å². The van der Waals surface area contributed by atoms with E-state index in [4.69, 9.17) is 47.3 Å². The molecule has 0 radical (unpaired) electrons. The van der Waals surface area contributed by atoms with Crippen LogP contribution in [0.3, 0.4) is 0 Å². The van der Waals surface area contributed by atoms with Crippen LogP contribution in [0.4, 0.5) is 4.79 Å². The van der Waals surface area contributed by atoms with Crippen molar-refractivity contribution in [3.63, 3.8) is 0 Å². The number of aliphatic hydroxyl groups is 1. The topological polar surface area (TPSA) is 124 Å². The van der Waals surface area contributed by atoms with Crippen molar-refractivity contribution in [1.82, 2.24) is 5.32 Å². The summed E-state index contributed by atoms with van der Waals surface area (Å²) >= 11 is 12.8.